The van der Waals surface area contributed by atoms with E-state index in [9.17, 15) is 50.1 Å². The van der Waals surface area contributed by atoms with Crippen LogP contribution in [0.2, 0.25) is 0 Å². The molecule has 1 saturated heterocycles. The molecule has 13 heteroatoms. The monoisotopic (exact) mass is 603 g/mol. The summed E-state index contributed by atoms with van der Waals surface area (Å²) < 4.78 is 10.9. The van der Waals surface area contributed by atoms with Gasteiger partial charge in [0.25, 0.3) is 0 Å². The minimum absolute atomic E-state index is 0.0761. The van der Waals surface area contributed by atoms with Gasteiger partial charge in [-0.3, -0.25) is 9.59 Å². The summed E-state index contributed by atoms with van der Waals surface area (Å²) in [5, 5.41) is 73.8. The van der Waals surface area contributed by atoms with Crippen molar-refractivity contribution < 1.29 is 59.6 Å². The van der Waals surface area contributed by atoms with Crippen molar-refractivity contribution in [3.05, 3.63) is 42.0 Å². The quantitative estimate of drug-likeness (QED) is 0.150. The van der Waals surface area contributed by atoms with Crippen LogP contribution >= 0.6 is 0 Å². The smallest absolute Gasteiger partial charge is 0.339 e. The van der Waals surface area contributed by atoms with Gasteiger partial charge < -0.3 is 50.5 Å². The van der Waals surface area contributed by atoms with Gasteiger partial charge >= 0.3 is 5.97 Å². The van der Waals surface area contributed by atoms with Crippen LogP contribution in [0, 0.1) is 22.7 Å². The Labute approximate surface area is 247 Å². The van der Waals surface area contributed by atoms with Gasteiger partial charge in [0.2, 0.25) is 12.2 Å². The van der Waals surface area contributed by atoms with E-state index in [-0.39, 0.29) is 36.2 Å². The van der Waals surface area contributed by atoms with Crippen molar-refractivity contribution >= 4 is 23.3 Å². The predicted molar refractivity (Wildman–Crippen MR) is 148 cm³/mol. The molecule has 0 aromatic heterocycles. The Hall–Kier alpha value is -3.33. The van der Waals surface area contributed by atoms with Crippen molar-refractivity contribution in [3.63, 3.8) is 0 Å². The summed E-state index contributed by atoms with van der Waals surface area (Å²) in [6, 6.07) is 2.10. The minimum Gasteiger partial charge on any atom is -0.505 e. The Morgan fingerprint density at radius 3 is 2.56 bits per heavy atom. The average Bonchev–Trinajstić information content (AvgIpc) is 2.98. The number of fused-ring (bicyclic) bond motifs is 2. The molecule has 1 spiro atoms. The van der Waals surface area contributed by atoms with Gasteiger partial charge in [0.1, 0.15) is 41.4 Å². The van der Waals surface area contributed by atoms with Gasteiger partial charge in [-0.25, -0.2) is 4.79 Å². The van der Waals surface area contributed by atoms with E-state index in [0.717, 1.165) is 24.1 Å². The average molecular weight is 604 g/mol. The van der Waals surface area contributed by atoms with Gasteiger partial charge in [-0.2, -0.15) is 0 Å². The molecule has 1 aromatic rings. The number of rotatable bonds is 8. The zero-order valence-corrected chi connectivity index (χ0v) is 23.5. The third-order valence-corrected chi connectivity index (χ3v) is 9.95. The van der Waals surface area contributed by atoms with E-state index in [1.165, 1.54) is 6.08 Å². The number of ether oxygens (including phenoxy) is 2. The summed E-state index contributed by atoms with van der Waals surface area (Å²) in [5.74, 6) is -3.67. The molecule has 43 heavy (non-hydrogen) atoms. The first-order chi connectivity index (χ1) is 20.2. The molecule has 4 fully saturated rings. The molecule has 13 nitrogen and oxygen atoms in total. The predicted octanol–water partition coefficient (Wildman–Crippen LogP) is 0.466. The van der Waals surface area contributed by atoms with Crippen LogP contribution in [-0.4, -0.2) is 96.8 Å². The van der Waals surface area contributed by atoms with E-state index >= 15 is 0 Å². The van der Waals surface area contributed by atoms with Crippen LogP contribution in [-0.2, 0) is 14.3 Å². The summed E-state index contributed by atoms with van der Waals surface area (Å²) in [6.45, 7) is 5.14. The molecule has 6 rings (SSSR count). The molecule has 10 unspecified atom stereocenters. The first-order valence-corrected chi connectivity index (χ1v) is 14.2. The molecular weight excluding hydrogens is 566 g/mol. The zero-order chi connectivity index (χ0) is 31.4. The Bertz CT molecular complexity index is 1360. The molecule has 1 aromatic carbocycles. The highest BCUT2D eigenvalue weighted by Gasteiger charge is 2.62. The van der Waals surface area contributed by atoms with Crippen molar-refractivity contribution in [2.75, 3.05) is 11.9 Å². The number of hydrogen-bond donors (Lipinski definition) is 8. The Morgan fingerprint density at radius 1 is 1.16 bits per heavy atom. The number of phenols is 1. The molecule has 0 radical (unpaired) electrons. The van der Waals surface area contributed by atoms with Crippen molar-refractivity contribution in [3.8, 4) is 11.5 Å². The SMILES string of the molecule is C=C1C2CCC3(C=CC(=O)C(C)(CCC(=O)Nc4c(OC5OC(CO)C(O)C(O)C5O)ccc(C(=O)O)c4O)C3C2)C1O. The topological polar surface area (TPSA) is 223 Å². The van der Waals surface area contributed by atoms with Crippen LogP contribution in [0.15, 0.2) is 36.4 Å². The number of nitrogens with one attached hydrogen (secondary N) is 1. The van der Waals surface area contributed by atoms with Gasteiger partial charge in [0.05, 0.1) is 12.7 Å². The molecule has 4 aliphatic carbocycles. The molecule has 10 atom stereocenters. The standard InChI is InChI=1S/C30H37NO12/c1-13-14-5-9-30(26(13)39)10-6-19(33)29(2,18(30)11-14)8-7-20(34)31-21-16(4-3-15(22(21)35)27(40)41)42-28-25(38)24(37)23(36)17(12-32)43-28/h3-4,6,10,14,17-18,23-26,28,32,35-39H,1,5,7-9,11-12H2,2H3,(H,31,34)(H,40,41). The lowest BCUT2D eigenvalue weighted by Crippen LogP contribution is -2.60. The first-order valence-electron chi connectivity index (χ1n) is 14.2. The molecule has 8 N–H and O–H groups in total. The van der Waals surface area contributed by atoms with Crippen LogP contribution < -0.4 is 10.1 Å². The van der Waals surface area contributed by atoms with E-state index in [4.69, 9.17) is 9.47 Å². The van der Waals surface area contributed by atoms with Crippen molar-refractivity contribution in [2.45, 2.75) is 75.8 Å². The number of amides is 1. The fraction of sp³-hybridized carbons (Fsp3) is 0.567. The number of carbonyl (C=O) groups excluding carboxylic acids is 2. The van der Waals surface area contributed by atoms with E-state index in [0.29, 0.717) is 12.8 Å². The molecule has 2 bridgehead atoms. The number of carboxylic acids is 1. The number of anilines is 1. The van der Waals surface area contributed by atoms with Crippen LogP contribution in [0.1, 0.15) is 49.4 Å². The molecule has 1 amide bonds. The summed E-state index contributed by atoms with van der Waals surface area (Å²) >= 11 is 0. The van der Waals surface area contributed by atoms with E-state index in [1.54, 1.807) is 13.0 Å². The fourth-order valence-corrected chi connectivity index (χ4v) is 7.32. The lowest BCUT2D eigenvalue weighted by Gasteiger charge is -2.61. The van der Waals surface area contributed by atoms with Crippen LogP contribution in [0.25, 0.3) is 0 Å². The number of carbonyl (C=O) groups is 3. The number of ketones is 1. The van der Waals surface area contributed by atoms with Crippen LogP contribution in [0.5, 0.6) is 11.5 Å². The number of benzene rings is 1. The number of aromatic carboxylic acids is 1. The summed E-state index contributed by atoms with van der Waals surface area (Å²) in [5.41, 5.74) is -1.88. The van der Waals surface area contributed by atoms with Gasteiger partial charge in [-0.05, 0) is 61.3 Å². The maximum atomic E-state index is 13.3. The molecule has 1 heterocycles. The lowest BCUT2D eigenvalue weighted by atomic mass is 9.43. The third kappa shape index (κ3) is 5.03. The highest BCUT2D eigenvalue weighted by Crippen LogP contribution is 2.64. The van der Waals surface area contributed by atoms with E-state index in [2.05, 4.69) is 11.9 Å². The number of hydrogen-bond acceptors (Lipinski definition) is 11. The van der Waals surface area contributed by atoms with Crippen molar-refractivity contribution in [1.82, 2.24) is 0 Å². The number of aliphatic hydroxyl groups is 5. The second-order valence-corrected chi connectivity index (χ2v) is 12.2. The molecular formula is C30H37NO12. The van der Waals surface area contributed by atoms with Gasteiger partial charge in [0, 0.05) is 17.3 Å². The van der Waals surface area contributed by atoms with Crippen molar-refractivity contribution in [1.29, 1.82) is 0 Å². The van der Waals surface area contributed by atoms with Gasteiger partial charge in [-0.15, -0.1) is 0 Å². The Morgan fingerprint density at radius 2 is 1.88 bits per heavy atom. The Balaban J connectivity index is 1.37. The zero-order valence-electron chi connectivity index (χ0n) is 23.5. The second kappa shape index (κ2) is 11.3. The first kappa shape index (κ1) is 31.1. The van der Waals surface area contributed by atoms with E-state index < -0.39 is 83.1 Å². The number of allylic oxidation sites excluding steroid dienone is 1. The highest BCUT2D eigenvalue weighted by molar-refractivity contribution is 6.00. The lowest BCUT2D eigenvalue weighted by molar-refractivity contribution is -0.277. The van der Waals surface area contributed by atoms with Crippen molar-refractivity contribution in [2.24, 2.45) is 22.7 Å². The van der Waals surface area contributed by atoms with Crippen LogP contribution in [0.4, 0.5) is 5.69 Å². The maximum Gasteiger partial charge on any atom is 0.339 e. The second-order valence-electron chi connectivity index (χ2n) is 12.2. The third-order valence-electron chi connectivity index (χ3n) is 9.95. The normalized spacial score (nSPS) is 38.5. The maximum absolute atomic E-state index is 13.3. The van der Waals surface area contributed by atoms with Crippen LogP contribution in [0.3, 0.4) is 0 Å². The molecule has 1 aliphatic heterocycles. The number of carboxylic acid groups (broad SMARTS) is 1. The molecule has 5 aliphatic rings. The van der Waals surface area contributed by atoms with Gasteiger partial charge in [-0.1, -0.05) is 19.6 Å². The van der Waals surface area contributed by atoms with E-state index in [1.807, 2.05) is 0 Å². The fourth-order valence-electron chi connectivity index (χ4n) is 7.32. The highest BCUT2D eigenvalue weighted by atomic mass is 16.7. The Kier molecular flexibility index (Phi) is 8.18. The molecule has 3 saturated carbocycles. The number of aromatic hydroxyl groups is 1. The summed E-state index contributed by atoms with van der Waals surface area (Å²) in [7, 11) is 0. The number of aliphatic hydroxyl groups excluding tert-OH is 5. The summed E-state index contributed by atoms with van der Waals surface area (Å²) in [6.07, 6.45) is -3.62. The summed E-state index contributed by atoms with van der Waals surface area (Å²) in [4.78, 5) is 38.2. The molecule has 234 valence electrons. The largest absolute Gasteiger partial charge is 0.505 e. The van der Waals surface area contributed by atoms with Gasteiger partial charge in [0.15, 0.2) is 11.5 Å². The minimum atomic E-state index is -1.81.